The van der Waals surface area contributed by atoms with Gasteiger partial charge in [0.1, 0.15) is 0 Å². The molecule has 0 aromatic carbocycles. The van der Waals surface area contributed by atoms with E-state index in [1.807, 2.05) is 11.8 Å². The van der Waals surface area contributed by atoms with Crippen molar-refractivity contribution in [2.24, 2.45) is 11.7 Å². The van der Waals surface area contributed by atoms with Crippen LogP contribution in [0, 0.1) is 5.92 Å². The Morgan fingerprint density at radius 1 is 1.11 bits per heavy atom. The second-order valence-electron chi connectivity index (χ2n) is 5.91. The molecule has 1 aliphatic carbocycles. The Hall–Kier alpha value is -0.220. The largest absolute Gasteiger partial charge is 0.340 e. The quantitative estimate of drug-likeness (QED) is 0.743. The van der Waals surface area contributed by atoms with Crippen LogP contribution in [0.3, 0.4) is 0 Å². The second kappa shape index (κ2) is 6.29. The minimum Gasteiger partial charge on any atom is -0.340 e. The molecule has 0 radical (unpaired) electrons. The molecule has 4 heteroatoms. The summed E-state index contributed by atoms with van der Waals surface area (Å²) in [4.78, 5) is 14.7. The molecule has 0 aromatic heterocycles. The number of amides is 1. The van der Waals surface area contributed by atoms with Crippen LogP contribution in [0.15, 0.2) is 0 Å². The molecule has 3 nitrogen and oxygen atoms in total. The van der Waals surface area contributed by atoms with Crippen LogP contribution < -0.4 is 5.73 Å². The van der Waals surface area contributed by atoms with Crippen molar-refractivity contribution in [1.29, 1.82) is 0 Å². The molecule has 0 spiro atoms. The van der Waals surface area contributed by atoms with Gasteiger partial charge in [0.15, 0.2) is 0 Å². The van der Waals surface area contributed by atoms with Crippen molar-refractivity contribution in [2.75, 3.05) is 13.1 Å². The Morgan fingerprint density at radius 2 is 1.72 bits per heavy atom. The maximum atomic E-state index is 12.6. The van der Waals surface area contributed by atoms with Gasteiger partial charge in [-0.05, 0) is 12.8 Å². The van der Waals surface area contributed by atoms with Gasteiger partial charge in [-0.2, -0.15) is 11.8 Å². The Kier molecular flexibility index (Phi) is 4.96. The van der Waals surface area contributed by atoms with E-state index < -0.39 is 0 Å². The van der Waals surface area contributed by atoms with Crippen molar-refractivity contribution in [3.63, 3.8) is 0 Å². The number of hydrogen-bond donors (Lipinski definition) is 1. The SMILES string of the molecule is C[C@@H]1CN(C(=O)[C@@H]2CCCCC[C@@H]2N)C[C@@H](C)S1. The fourth-order valence-corrected chi connectivity index (χ4v) is 4.56. The van der Waals surface area contributed by atoms with Crippen molar-refractivity contribution >= 4 is 17.7 Å². The van der Waals surface area contributed by atoms with Crippen molar-refractivity contribution in [1.82, 2.24) is 4.90 Å². The predicted octanol–water partition coefficient (Wildman–Crippen LogP) is 2.25. The summed E-state index contributed by atoms with van der Waals surface area (Å²) in [6.45, 7) is 6.23. The standard InChI is InChI=1S/C14H26N2OS/c1-10-8-16(9-11(2)18-10)14(17)12-6-4-3-5-7-13(12)15/h10-13H,3-9,15H2,1-2H3/t10-,11-,12-,13+/m1/s1. The predicted molar refractivity (Wildman–Crippen MR) is 77.6 cm³/mol. The zero-order valence-corrected chi connectivity index (χ0v) is 12.4. The van der Waals surface area contributed by atoms with Crippen LogP contribution in [-0.4, -0.2) is 40.4 Å². The number of carbonyl (C=O) groups excluding carboxylic acids is 1. The number of carbonyl (C=O) groups is 1. The van der Waals surface area contributed by atoms with E-state index in [9.17, 15) is 4.79 Å². The number of rotatable bonds is 1. The molecule has 2 N–H and O–H groups in total. The van der Waals surface area contributed by atoms with Gasteiger partial charge in [0.2, 0.25) is 5.91 Å². The van der Waals surface area contributed by atoms with E-state index in [-0.39, 0.29) is 12.0 Å². The van der Waals surface area contributed by atoms with Crippen LogP contribution in [0.25, 0.3) is 0 Å². The zero-order chi connectivity index (χ0) is 13.1. The highest BCUT2D eigenvalue weighted by molar-refractivity contribution is 8.00. The summed E-state index contributed by atoms with van der Waals surface area (Å²) in [6, 6.07) is 0.0835. The lowest BCUT2D eigenvalue weighted by Crippen LogP contribution is -2.50. The monoisotopic (exact) mass is 270 g/mol. The summed E-state index contributed by atoms with van der Waals surface area (Å²) in [7, 11) is 0. The van der Waals surface area contributed by atoms with Crippen molar-refractivity contribution in [3.8, 4) is 0 Å². The Bertz CT molecular complexity index is 288. The smallest absolute Gasteiger partial charge is 0.227 e. The number of nitrogens with two attached hydrogens (primary N) is 1. The minimum atomic E-state index is 0.0787. The van der Waals surface area contributed by atoms with Gasteiger partial charge in [-0.3, -0.25) is 4.79 Å². The third-order valence-electron chi connectivity index (χ3n) is 4.12. The third kappa shape index (κ3) is 3.41. The molecule has 1 aliphatic heterocycles. The molecule has 0 bridgehead atoms. The summed E-state index contributed by atoms with van der Waals surface area (Å²) < 4.78 is 0. The van der Waals surface area contributed by atoms with Gasteiger partial charge in [-0.15, -0.1) is 0 Å². The number of thioether (sulfide) groups is 1. The Morgan fingerprint density at radius 3 is 2.39 bits per heavy atom. The summed E-state index contributed by atoms with van der Waals surface area (Å²) in [5.41, 5.74) is 6.20. The van der Waals surface area contributed by atoms with Gasteiger partial charge >= 0.3 is 0 Å². The van der Waals surface area contributed by atoms with Gasteiger partial charge in [-0.1, -0.05) is 33.1 Å². The number of nitrogens with zero attached hydrogens (tertiary/aromatic N) is 1. The molecule has 104 valence electrons. The highest BCUT2D eigenvalue weighted by atomic mass is 32.2. The van der Waals surface area contributed by atoms with E-state index in [1.54, 1.807) is 0 Å². The maximum absolute atomic E-state index is 12.6. The lowest BCUT2D eigenvalue weighted by molar-refractivity contribution is -0.136. The molecule has 1 saturated heterocycles. The number of hydrogen-bond acceptors (Lipinski definition) is 3. The lowest BCUT2D eigenvalue weighted by atomic mass is 9.93. The van der Waals surface area contributed by atoms with Gasteiger partial charge in [0.05, 0.1) is 5.92 Å². The molecule has 1 heterocycles. The topological polar surface area (TPSA) is 46.3 Å². The molecule has 2 aliphatic rings. The molecule has 1 saturated carbocycles. The van der Waals surface area contributed by atoms with Crippen LogP contribution in [0.5, 0.6) is 0 Å². The normalized spacial score (nSPS) is 38.3. The first-order chi connectivity index (χ1) is 8.58. The van der Waals surface area contributed by atoms with E-state index in [4.69, 9.17) is 5.73 Å². The molecular weight excluding hydrogens is 244 g/mol. The molecule has 18 heavy (non-hydrogen) atoms. The van der Waals surface area contributed by atoms with Crippen LogP contribution in [0.1, 0.15) is 46.0 Å². The summed E-state index contributed by atoms with van der Waals surface area (Å²) in [6.07, 6.45) is 5.60. The fraction of sp³-hybridized carbons (Fsp3) is 0.929. The van der Waals surface area contributed by atoms with E-state index in [2.05, 4.69) is 18.7 Å². The first-order valence-electron chi connectivity index (χ1n) is 7.27. The maximum Gasteiger partial charge on any atom is 0.227 e. The van der Waals surface area contributed by atoms with Crippen molar-refractivity contribution in [3.05, 3.63) is 0 Å². The van der Waals surface area contributed by atoms with Crippen LogP contribution in [0.4, 0.5) is 0 Å². The van der Waals surface area contributed by atoms with E-state index in [0.717, 1.165) is 32.4 Å². The van der Waals surface area contributed by atoms with Gasteiger partial charge in [0.25, 0.3) is 0 Å². The minimum absolute atomic E-state index is 0.0787. The summed E-state index contributed by atoms with van der Waals surface area (Å²) in [5, 5.41) is 1.11. The molecule has 0 unspecified atom stereocenters. The fourth-order valence-electron chi connectivity index (χ4n) is 3.24. The van der Waals surface area contributed by atoms with Crippen molar-refractivity contribution < 1.29 is 4.79 Å². The first-order valence-corrected chi connectivity index (χ1v) is 8.22. The van der Waals surface area contributed by atoms with E-state index >= 15 is 0 Å². The molecule has 1 amide bonds. The average Bonchev–Trinajstić information content (AvgIpc) is 2.51. The molecule has 2 fully saturated rings. The lowest BCUT2D eigenvalue weighted by Gasteiger charge is -2.37. The van der Waals surface area contributed by atoms with Crippen molar-refractivity contribution in [2.45, 2.75) is 62.5 Å². The molecule has 0 aromatic rings. The summed E-state index contributed by atoms with van der Waals surface area (Å²) >= 11 is 1.99. The third-order valence-corrected chi connectivity index (χ3v) is 5.35. The first kappa shape index (κ1) is 14.2. The highest BCUT2D eigenvalue weighted by Gasteiger charge is 2.33. The van der Waals surface area contributed by atoms with Crippen LogP contribution >= 0.6 is 11.8 Å². The zero-order valence-electron chi connectivity index (χ0n) is 11.6. The van der Waals surface area contributed by atoms with Gasteiger partial charge in [0, 0.05) is 29.6 Å². The van der Waals surface area contributed by atoms with E-state index in [1.165, 1.54) is 12.8 Å². The molecule has 2 rings (SSSR count). The Balaban J connectivity index is 2.00. The van der Waals surface area contributed by atoms with E-state index in [0.29, 0.717) is 16.4 Å². The molecular formula is C14H26N2OS. The van der Waals surface area contributed by atoms with Crippen LogP contribution in [-0.2, 0) is 4.79 Å². The van der Waals surface area contributed by atoms with Gasteiger partial charge < -0.3 is 10.6 Å². The molecule has 4 atom stereocenters. The highest BCUT2D eigenvalue weighted by Crippen LogP contribution is 2.29. The average molecular weight is 270 g/mol. The van der Waals surface area contributed by atoms with Gasteiger partial charge in [-0.25, -0.2) is 0 Å². The second-order valence-corrected chi connectivity index (χ2v) is 7.79. The summed E-state index contributed by atoms with van der Waals surface area (Å²) in [5.74, 6) is 0.401. The van der Waals surface area contributed by atoms with Crippen LogP contribution in [0.2, 0.25) is 0 Å². The Labute approximate surface area is 115 Å².